The molecule has 164 valence electrons. The van der Waals surface area contributed by atoms with Crippen LogP contribution >= 0.6 is 0 Å². The van der Waals surface area contributed by atoms with Gasteiger partial charge in [0.05, 0.1) is 30.5 Å². The van der Waals surface area contributed by atoms with Crippen LogP contribution in [0.2, 0.25) is 0 Å². The molecule has 0 bridgehead atoms. The van der Waals surface area contributed by atoms with E-state index in [0.29, 0.717) is 16.9 Å². The number of benzene rings is 1. The van der Waals surface area contributed by atoms with E-state index in [1.54, 1.807) is 31.6 Å². The molecule has 0 saturated carbocycles. The minimum atomic E-state index is -0.708. The SMILES string of the molecule is CCOC(=O)c1c(C)oc(Nc2ncnc3c2cnn3-c2ccccc2)c1C(=O)OCC. The minimum Gasteiger partial charge on any atom is -0.462 e. The van der Waals surface area contributed by atoms with Crippen LogP contribution in [0, 0.1) is 6.92 Å². The van der Waals surface area contributed by atoms with Gasteiger partial charge in [-0.3, -0.25) is 0 Å². The summed E-state index contributed by atoms with van der Waals surface area (Å²) < 4.78 is 17.6. The maximum absolute atomic E-state index is 12.7. The van der Waals surface area contributed by atoms with Crippen molar-refractivity contribution in [1.29, 1.82) is 0 Å². The van der Waals surface area contributed by atoms with Crippen molar-refractivity contribution in [3.05, 3.63) is 59.7 Å². The Morgan fingerprint density at radius 1 is 1.03 bits per heavy atom. The van der Waals surface area contributed by atoms with E-state index in [1.165, 1.54) is 6.33 Å². The molecule has 32 heavy (non-hydrogen) atoms. The molecule has 0 fully saturated rings. The minimum absolute atomic E-state index is 0.0121. The number of para-hydroxylation sites is 1. The van der Waals surface area contributed by atoms with Crippen LogP contribution < -0.4 is 5.32 Å². The zero-order valence-electron chi connectivity index (χ0n) is 17.8. The Morgan fingerprint density at radius 3 is 2.41 bits per heavy atom. The molecule has 1 aromatic carbocycles. The van der Waals surface area contributed by atoms with Gasteiger partial charge in [-0.05, 0) is 32.9 Å². The van der Waals surface area contributed by atoms with E-state index in [2.05, 4.69) is 20.4 Å². The van der Waals surface area contributed by atoms with Crippen LogP contribution in [0.25, 0.3) is 16.7 Å². The number of fused-ring (bicyclic) bond motifs is 1. The summed E-state index contributed by atoms with van der Waals surface area (Å²) >= 11 is 0. The number of aryl methyl sites for hydroxylation is 1. The van der Waals surface area contributed by atoms with Crippen LogP contribution in [-0.4, -0.2) is 44.9 Å². The van der Waals surface area contributed by atoms with Crippen LogP contribution in [0.4, 0.5) is 11.7 Å². The Bertz CT molecular complexity index is 1280. The fraction of sp³-hybridized carbons (Fsp3) is 0.227. The van der Waals surface area contributed by atoms with E-state index in [9.17, 15) is 9.59 Å². The van der Waals surface area contributed by atoms with Crippen LogP contribution in [0.15, 0.2) is 47.3 Å². The normalized spacial score (nSPS) is 10.8. The molecule has 3 heterocycles. The van der Waals surface area contributed by atoms with Gasteiger partial charge in [0.1, 0.15) is 29.0 Å². The topological polar surface area (TPSA) is 121 Å². The third-order valence-electron chi connectivity index (χ3n) is 4.64. The van der Waals surface area contributed by atoms with Crippen molar-refractivity contribution in [2.45, 2.75) is 20.8 Å². The number of carbonyl (C=O) groups is 2. The van der Waals surface area contributed by atoms with E-state index in [0.717, 1.165) is 5.69 Å². The van der Waals surface area contributed by atoms with Gasteiger partial charge in [-0.15, -0.1) is 0 Å². The molecule has 0 aliphatic rings. The second-order valence-electron chi connectivity index (χ2n) is 6.65. The van der Waals surface area contributed by atoms with Gasteiger partial charge in [0, 0.05) is 0 Å². The molecule has 0 radical (unpaired) electrons. The van der Waals surface area contributed by atoms with Gasteiger partial charge in [-0.1, -0.05) is 18.2 Å². The summed E-state index contributed by atoms with van der Waals surface area (Å²) in [6.45, 7) is 5.21. The first-order chi connectivity index (χ1) is 15.5. The highest BCUT2D eigenvalue weighted by molar-refractivity contribution is 6.08. The average molecular weight is 435 g/mol. The number of ether oxygens (including phenoxy) is 2. The molecule has 10 nitrogen and oxygen atoms in total. The summed E-state index contributed by atoms with van der Waals surface area (Å²) in [5.41, 5.74) is 1.35. The number of esters is 2. The molecule has 4 rings (SSSR count). The number of nitrogens with zero attached hydrogens (tertiary/aromatic N) is 4. The van der Waals surface area contributed by atoms with E-state index in [4.69, 9.17) is 13.9 Å². The Balaban J connectivity index is 1.79. The van der Waals surface area contributed by atoms with Gasteiger partial charge in [-0.2, -0.15) is 5.10 Å². The van der Waals surface area contributed by atoms with Crippen molar-refractivity contribution >= 4 is 34.7 Å². The second kappa shape index (κ2) is 8.88. The summed E-state index contributed by atoms with van der Waals surface area (Å²) in [7, 11) is 0. The Kier molecular flexibility index (Phi) is 5.84. The lowest BCUT2D eigenvalue weighted by atomic mass is 10.1. The average Bonchev–Trinajstić information content (AvgIpc) is 3.36. The summed E-state index contributed by atoms with van der Waals surface area (Å²) in [6.07, 6.45) is 2.98. The van der Waals surface area contributed by atoms with Crippen molar-refractivity contribution in [2.24, 2.45) is 0 Å². The maximum Gasteiger partial charge on any atom is 0.344 e. The van der Waals surface area contributed by atoms with Gasteiger partial charge in [0.15, 0.2) is 5.65 Å². The first-order valence-corrected chi connectivity index (χ1v) is 10.0. The van der Waals surface area contributed by atoms with Gasteiger partial charge >= 0.3 is 11.9 Å². The molecule has 0 atom stereocenters. The van der Waals surface area contributed by atoms with Crippen LogP contribution in [0.5, 0.6) is 0 Å². The fourth-order valence-corrected chi connectivity index (χ4v) is 3.29. The van der Waals surface area contributed by atoms with Gasteiger partial charge in [-0.25, -0.2) is 24.2 Å². The summed E-state index contributed by atoms with van der Waals surface area (Å²) in [6, 6.07) is 9.52. The predicted molar refractivity (Wildman–Crippen MR) is 115 cm³/mol. The van der Waals surface area contributed by atoms with E-state index in [1.807, 2.05) is 30.3 Å². The number of rotatable bonds is 7. The summed E-state index contributed by atoms with van der Waals surface area (Å²) in [4.78, 5) is 33.8. The molecule has 0 amide bonds. The van der Waals surface area contributed by atoms with Crippen molar-refractivity contribution in [2.75, 3.05) is 18.5 Å². The van der Waals surface area contributed by atoms with Crippen molar-refractivity contribution < 1.29 is 23.5 Å². The fourth-order valence-electron chi connectivity index (χ4n) is 3.29. The Morgan fingerprint density at radius 2 is 1.72 bits per heavy atom. The lowest BCUT2D eigenvalue weighted by Gasteiger charge is -2.08. The first kappa shape index (κ1) is 21.0. The molecule has 4 aromatic rings. The highest BCUT2D eigenvalue weighted by Crippen LogP contribution is 2.32. The third-order valence-corrected chi connectivity index (χ3v) is 4.64. The lowest BCUT2D eigenvalue weighted by Crippen LogP contribution is -2.14. The van der Waals surface area contributed by atoms with Crippen LogP contribution in [0.3, 0.4) is 0 Å². The molecular weight excluding hydrogens is 414 g/mol. The zero-order valence-corrected chi connectivity index (χ0v) is 17.8. The number of hydrogen-bond acceptors (Lipinski definition) is 9. The number of aromatic nitrogens is 4. The van der Waals surface area contributed by atoms with Crippen LogP contribution in [0.1, 0.15) is 40.3 Å². The molecular formula is C22H21N5O5. The van der Waals surface area contributed by atoms with Crippen molar-refractivity contribution in [3.63, 3.8) is 0 Å². The molecule has 0 aliphatic heterocycles. The van der Waals surface area contributed by atoms with E-state index >= 15 is 0 Å². The zero-order chi connectivity index (χ0) is 22.7. The second-order valence-corrected chi connectivity index (χ2v) is 6.65. The molecule has 0 saturated heterocycles. The number of carbonyl (C=O) groups excluding carboxylic acids is 2. The lowest BCUT2D eigenvalue weighted by molar-refractivity contribution is 0.0480. The van der Waals surface area contributed by atoms with Gasteiger partial charge in [0.25, 0.3) is 0 Å². The molecule has 0 unspecified atom stereocenters. The molecule has 0 spiro atoms. The standard InChI is InChI=1S/C22H21N5O5/c1-4-30-21(28)16-13(3)32-20(17(16)22(29)31-5-2)26-18-15-11-25-27(19(15)24-12-23-18)14-9-7-6-8-10-14/h6-12H,4-5H2,1-3H3,(H,23,24,26). The number of hydrogen-bond donors (Lipinski definition) is 1. The van der Waals surface area contributed by atoms with Crippen molar-refractivity contribution in [3.8, 4) is 5.69 Å². The molecule has 1 N–H and O–H groups in total. The summed E-state index contributed by atoms with van der Waals surface area (Å²) in [5, 5.41) is 8.00. The molecule has 0 aliphatic carbocycles. The summed E-state index contributed by atoms with van der Waals surface area (Å²) in [5.74, 6) is -0.780. The maximum atomic E-state index is 12.7. The van der Waals surface area contributed by atoms with Gasteiger partial charge in [0.2, 0.25) is 5.88 Å². The highest BCUT2D eigenvalue weighted by Gasteiger charge is 2.31. The van der Waals surface area contributed by atoms with Gasteiger partial charge < -0.3 is 19.2 Å². The smallest absolute Gasteiger partial charge is 0.344 e. The van der Waals surface area contributed by atoms with Crippen LogP contribution in [-0.2, 0) is 9.47 Å². The number of furan rings is 1. The molecule has 10 heteroatoms. The largest absolute Gasteiger partial charge is 0.462 e. The predicted octanol–water partition coefficient (Wildman–Crippen LogP) is 3.81. The first-order valence-electron chi connectivity index (χ1n) is 10.0. The quantitative estimate of drug-likeness (QED) is 0.432. The molecule has 3 aromatic heterocycles. The number of anilines is 2. The van der Waals surface area contributed by atoms with E-state index in [-0.39, 0.29) is 36.0 Å². The van der Waals surface area contributed by atoms with Crippen molar-refractivity contribution in [1.82, 2.24) is 19.7 Å². The Hall–Kier alpha value is -4.21. The highest BCUT2D eigenvalue weighted by atomic mass is 16.5. The van der Waals surface area contributed by atoms with E-state index < -0.39 is 11.9 Å². The number of nitrogens with one attached hydrogen (secondary N) is 1. The Labute approximate surface area is 183 Å². The monoisotopic (exact) mass is 435 g/mol. The third kappa shape index (κ3) is 3.78.